The zero-order valence-electron chi connectivity index (χ0n) is 23.2. The van der Waals surface area contributed by atoms with E-state index in [0.717, 1.165) is 18.5 Å². The third-order valence-corrected chi connectivity index (χ3v) is 4.03. The van der Waals surface area contributed by atoms with Gasteiger partial charge in [-0.15, -0.1) is 0 Å². The average molecular weight is 381 g/mol. The summed E-state index contributed by atoms with van der Waals surface area (Å²) in [6.07, 6.45) is 3.13. The van der Waals surface area contributed by atoms with Crippen molar-refractivity contribution in [1.29, 1.82) is 5.26 Å². The van der Waals surface area contributed by atoms with E-state index >= 15 is 0 Å². The molecule has 1 aromatic carbocycles. The van der Waals surface area contributed by atoms with Gasteiger partial charge in [0.05, 0.1) is 41.2 Å². The first-order chi connectivity index (χ1) is 17.1. The van der Waals surface area contributed by atoms with Gasteiger partial charge in [0.1, 0.15) is 11.9 Å². The van der Waals surface area contributed by atoms with Crippen LogP contribution >= 0.6 is 0 Å². The highest BCUT2D eigenvalue weighted by Gasteiger charge is 2.18. The van der Waals surface area contributed by atoms with E-state index in [9.17, 15) is 9.65 Å². The average Bonchev–Trinajstić information content (AvgIpc) is 3.20. The van der Waals surface area contributed by atoms with Gasteiger partial charge < -0.3 is 0 Å². The van der Waals surface area contributed by atoms with Crippen molar-refractivity contribution < 1.29 is 16.7 Å². The Labute approximate surface area is 174 Å². The van der Waals surface area contributed by atoms with Crippen molar-refractivity contribution in [2.24, 2.45) is 0 Å². The minimum Gasteiger partial charge on any atom is -0.252 e. The lowest BCUT2D eigenvalue weighted by Gasteiger charge is -2.16. The summed E-state index contributed by atoms with van der Waals surface area (Å²) in [5.74, 6) is -0.885. The van der Waals surface area contributed by atoms with E-state index in [1.54, 1.807) is 24.3 Å². The number of benzene rings is 1. The Morgan fingerprint density at radius 3 is 2.71 bits per heavy atom. The van der Waals surface area contributed by atoms with Crippen molar-refractivity contribution in [1.82, 2.24) is 24.6 Å². The molecule has 0 amide bonds. The first kappa shape index (κ1) is 10.0. The van der Waals surface area contributed by atoms with E-state index in [1.165, 1.54) is 10.7 Å². The first-order valence-electron chi connectivity index (χ1n) is 12.5. The van der Waals surface area contributed by atoms with Crippen molar-refractivity contribution >= 4 is 5.78 Å². The zero-order valence-corrected chi connectivity index (χ0v) is 14.2. The predicted molar refractivity (Wildman–Crippen MR) is 103 cm³/mol. The van der Waals surface area contributed by atoms with Gasteiger partial charge in [-0.1, -0.05) is 38.8 Å². The number of imidazole rings is 1. The van der Waals surface area contributed by atoms with Crippen LogP contribution in [0.25, 0.3) is 28.3 Å². The van der Waals surface area contributed by atoms with Crippen LogP contribution in [0.5, 0.6) is 0 Å². The standard InChI is InChI=1S/C21H17FN6/c1-21(2,3)18-12-26-28-17(11-25-20(28)27-18)13-5-4-6-14(7-13)19-15(9-23)8-16(22)10-24-19/h4-8,10-12H,1-3H3/i1D3,2D3,3D3. The molecule has 0 aliphatic heterocycles. The molecule has 4 rings (SSSR count). The molecule has 138 valence electrons. The lowest BCUT2D eigenvalue weighted by atomic mass is 9.93. The number of nitrogens with zero attached hydrogens (tertiary/aromatic N) is 6. The summed E-state index contributed by atoms with van der Waals surface area (Å²) in [6, 6.07) is 9.58. The molecule has 0 saturated carbocycles. The smallest absolute Gasteiger partial charge is 0.251 e. The lowest BCUT2D eigenvalue weighted by molar-refractivity contribution is 0.562. The normalized spacial score (nSPS) is 17.6. The number of fused-ring (bicyclic) bond motifs is 1. The van der Waals surface area contributed by atoms with Gasteiger partial charge in [-0.25, -0.2) is 14.4 Å². The van der Waals surface area contributed by atoms with Crippen LogP contribution in [0.3, 0.4) is 0 Å². The Hall–Kier alpha value is -3.66. The van der Waals surface area contributed by atoms with Gasteiger partial charge in [-0.2, -0.15) is 14.9 Å². The molecule has 4 aromatic rings. The van der Waals surface area contributed by atoms with Gasteiger partial charge in [-0.3, -0.25) is 4.98 Å². The molecule has 0 radical (unpaired) electrons. The third-order valence-electron chi connectivity index (χ3n) is 4.03. The minimum atomic E-state index is -3.49. The molecule has 6 nitrogen and oxygen atoms in total. The molecule has 3 aromatic heterocycles. The molecule has 0 saturated heterocycles. The van der Waals surface area contributed by atoms with Crippen molar-refractivity contribution in [2.75, 3.05) is 0 Å². The van der Waals surface area contributed by atoms with Crippen molar-refractivity contribution in [3.05, 3.63) is 66.0 Å². The van der Waals surface area contributed by atoms with Crippen LogP contribution in [0, 0.1) is 17.1 Å². The Morgan fingerprint density at radius 2 is 1.93 bits per heavy atom. The lowest BCUT2D eigenvalue weighted by Crippen LogP contribution is -2.15. The molecule has 0 fully saturated rings. The summed E-state index contributed by atoms with van der Waals surface area (Å²) >= 11 is 0. The second-order valence-electron chi connectivity index (χ2n) is 5.99. The topological polar surface area (TPSA) is 79.8 Å². The molecule has 0 unspecified atom stereocenters. The summed E-state index contributed by atoms with van der Waals surface area (Å²) in [4.78, 5) is 12.1. The van der Waals surface area contributed by atoms with Gasteiger partial charge >= 0.3 is 0 Å². The number of rotatable bonds is 2. The van der Waals surface area contributed by atoms with E-state index in [0.29, 0.717) is 16.8 Å². The highest BCUT2D eigenvalue weighted by molar-refractivity contribution is 5.73. The van der Waals surface area contributed by atoms with Crippen LogP contribution in [-0.2, 0) is 5.41 Å². The van der Waals surface area contributed by atoms with Crippen molar-refractivity contribution in [2.45, 2.75) is 26.0 Å². The fourth-order valence-electron chi connectivity index (χ4n) is 2.73. The molecular formula is C21H17FN6. The molecular weight excluding hydrogens is 355 g/mol. The first-order valence-corrected chi connectivity index (χ1v) is 7.99. The van der Waals surface area contributed by atoms with Crippen LogP contribution in [0.1, 0.15) is 44.1 Å². The van der Waals surface area contributed by atoms with Gasteiger partial charge in [-0.05, 0) is 12.1 Å². The second kappa shape index (κ2) is 6.50. The van der Waals surface area contributed by atoms with Crippen LogP contribution in [-0.4, -0.2) is 24.6 Å². The van der Waals surface area contributed by atoms with Crippen LogP contribution in [0.4, 0.5) is 4.39 Å². The van der Waals surface area contributed by atoms with Gasteiger partial charge in [0, 0.05) is 28.9 Å². The summed E-state index contributed by atoms with van der Waals surface area (Å²) in [5, 5.41) is 13.4. The largest absolute Gasteiger partial charge is 0.252 e. The third kappa shape index (κ3) is 3.09. The maximum Gasteiger partial charge on any atom is 0.251 e. The molecule has 3 heterocycles. The SMILES string of the molecule is [2H]C([2H])([2H])C(c1cnn2c(-c3cccc(-c4ncc(F)cc4C#N)c3)cnc2n1)(C([2H])([2H])[2H])C([2H])([2H])[2H]. The van der Waals surface area contributed by atoms with Crippen LogP contribution in [0.2, 0.25) is 0 Å². The van der Waals surface area contributed by atoms with Gasteiger partial charge in [0.15, 0.2) is 0 Å². The molecule has 0 atom stereocenters. The Kier molecular flexibility index (Phi) is 2.33. The summed E-state index contributed by atoms with van der Waals surface area (Å²) in [5.41, 5.74) is -2.47. The number of aromatic nitrogens is 5. The van der Waals surface area contributed by atoms with Crippen molar-refractivity contribution in [3.8, 4) is 28.6 Å². The van der Waals surface area contributed by atoms with E-state index in [4.69, 9.17) is 12.3 Å². The number of hydrogen-bond acceptors (Lipinski definition) is 5. The Morgan fingerprint density at radius 1 is 1.11 bits per heavy atom. The van der Waals surface area contributed by atoms with E-state index in [1.807, 2.05) is 6.07 Å². The summed E-state index contributed by atoms with van der Waals surface area (Å²) < 4.78 is 85.4. The quantitative estimate of drug-likeness (QED) is 0.521. The maximum atomic E-state index is 13.5. The molecule has 0 aliphatic rings. The molecule has 7 heteroatoms. The van der Waals surface area contributed by atoms with E-state index < -0.39 is 37.5 Å². The zero-order chi connectivity index (χ0) is 27.4. The number of nitriles is 1. The highest BCUT2D eigenvalue weighted by Crippen LogP contribution is 2.28. The van der Waals surface area contributed by atoms with E-state index in [-0.39, 0.29) is 17.0 Å². The molecule has 0 N–H and O–H groups in total. The second-order valence-corrected chi connectivity index (χ2v) is 5.99. The minimum absolute atomic E-state index is 0.0232. The monoisotopic (exact) mass is 381 g/mol. The number of halogens is 1. The van der Waals surface area contributed by atoms with Crippen molar-refractivity contribution in [3.63, 3.8) is 0 Å². The molecule has 0 aliphatic carbocycles. The van der Waals surface area contributed by atoms with Gasteiger partial charge in [0.25, 0.3) is 5.78 Å². The summed E-state index contributed by atoms with van der Waals surface area (Å²) in [7, 11) is 0. The number of pyridine rings is 1. The fraction of sp³-hybridized carbons (Fsp3) is 0.190. The van der Waals surface area contributed by atoms with E-state index in [2.05, 4.69) is 20.1 Å². The number of hydrogen-bond donors (Lipinski definition) is 0. The predicted octanol–water partition coefficient (Wildman–Crippen LogP) is 4.16. The highest BCUT2D eigenvalue weighted by atomic mass is 19.1. The summed E-state index contributed by atoms with van der Waals surface area (Å²) in [6.45, 7) is -10.5. The van der Waals surface area contributed by atoms with Crippen LogP contribution < -0.4 is 0 Å². The molecule has 0 bridgehead atoms. The maximum absolute atomic E-state index is 13.5. The Bertz CT molecular complexity index is 1500. The van der Waals surface area contributed by atoms with Crippen LogP contribution in [0.15, 0.2) is 48.9 Å². The van der Waals surface area contributed by atoms with Gasteiger partial charge in [0.2, 0.25) is 0 Å². The fourth-order valence-corrected chi connectivity index (χ4v) is 2.73. The Balaban J connectivity index is 1.88. The molecule has 28 heavy (non-hydrogen) atoms. The molecule has 0 spiro atoms.